The summed E-state index contributed by atoms with van der Waals surface area (Å²) >= 11 is 0. The molecule has 0 aromatic heterocycles. The molecule has 1 heterocycles. The number of hydrogen-bond acceptors (Lipinski definition) is 13. The normalized spacial score (nSPS) is 15.1. The van der Waals surface area contributed by atoms with Gasteiger partial charge in [-0.3, -0.25) is 24.2 Å². The molecule has 242 valence electrons. The minimum absolute atomic E-state index is 0.0812. The third-order valence-electron chi connectivity index (χ3n) is 6.24. The van der Waals surface area contributed by atoms with Crippen LogP contribution >= 0.6 is 0 Å². The molecule has 1 saturated heterocycles. The molecule has 0 bridgehead atoms. The van der Waals surface area contributed by atoms with Crippen molar-refractivity contribution in [1.29, 1.82) is 0 Å². The van der Waals surface area contributed by atoms with E-state index in [1.54, 1.807) is 43.9 Å². The van der Waals surface area contributed by atoms with E-state index in [0.29, 0.717) is 17.0 Å². The summed E-state index contributed by atoms with van der Waals surface area (Å²) in [4.78, 5) is 53.3. The lowest BCUT2D eigenvalue weighted by Crippen LogP contribution is -2.44. The fourth-order valence-electron chi connectivity index (χ4n) is 4.32. The summed E-state index contributed by atoms with van der Waals surface area (Å²) in [6.07, 6.45) is 0. The van der Waals surface area contributed by atoms with E-state index in [1.807, 2.05) is 0 Å². The summed E-state index contributed by atoms with van der Waals surface area (Å²) in [7, 11) is 0. The smallest absolute Gasteiger partial charge is 0.344 e. The van der Waals surface area contributed by atoms with E-state index in [2.05, 4.69) is 26.2 Å². The van der Waals surface area contributed by atoms with E-state index in [1.165, 1.54) is 0 Å². The number of amides is 1. The zero-order valence-corrected chi connectivity index (χ0v) is 25.7. The Balaban J connectivity index is 2.19. The Morgan fingerprint density at radius 1 is 0.791 bits per heavy atom. The molecular weight excluding hydrogens is 560 g/mol. The van der Waals surface area contributed by atoms with Crippen LogP contribution in [-0.2, 0) is 39.9 Å². The molecule has 14 nitrogen and oxygen atoms in total. The maximum absolute atomic E-state index is 13.1. The van der Waals surface area contributed by atoms with Gasteiger partial charge in [-0.2, -0.15) is 0 Å². The Kier molecular flexibility index (Phi) is 17.9. The number of nitrogens with zero attached hydrogens (tertiary/aromatic N) is 2. The Hall–Kier alpha value is -3.30. The van der Waals surface area contributed by atoms with Crippen LogP contribution in [0.5, 0.6) is 5.75 Å². The van der Waals surface area contributed by atoms with E-state index < -0.39 is 17.9 Å². The van der Waals surface area contributed by atoms with E-state index in [-0.39, 0.29) is 58.5 Å². The van der Waals surface area contributed by atoms with Crippen LogP contribution in [0.4, 0.5) is 5.69 Å². The molecule has 1 aromatic carbocycles. The highest BCUT2D eigenvalue weighted by Crippen LogP contribution is 2.25. The predicted octanol–water partition coefficient (Wildman–Crippen LogP) is -0.420. The van der Waals surface area contributed by atoms with Crippen molar-refractivity contribution < 1.29 is 38.1 Å². The number of ether oxygens (including phenoxy) is 4. The van der Waals surface area contributed by atoms with Gasteiger partial charge in [-0.1, -0.05) is 0 Å². The lowest BCUT2D eigenvalue weighted by molar-refractivity contribution is -0.148. The van der Waals surface area contributed by atoms with E-state index >= 15 is 0 Å². The van der Waals surface area contributed by atoms with Crippen LogP contribution in [0.25, 0.3) is 0 Å². The van der Waals surface area contributed by atoms with Gasteiger partial charge >= 0.3 is 17.9 Å². The largest absolute Gasteiger partial charge is 0.482 e. The summed E-state index contributed by atoms with van der Waals surface area (Å²) in [6, 6.07) is 5.01. The Labute approximate surface area is 254 Å². The SMILES string of the molecule is CCOC(=O)COc1ccc(NC(=O)CN2CCNCCNCCNCC2)cc1CN(CC(=O)OCC)CC(=O)OCC. The van der Waals surface area contributed by atoms with Crippen molar-refractivity contribution in [2.24, 2.45) is 0 Å². The number of rotatable bonds is 15. The highest BCUT2D eigenvalue weighted by atomic mass is 16.6. The lowest BCUT2D eigenvalue weighted by Gasteiger charge is -2.24. The lowest BCUT2D eigenvalue weighted by atomic mass is 10.1. The number of carbonyl (C=O) groups excluding carboxylic acids is 4. The zero-order chi connectivity index (χ0) is 31.3. The van der Waals surface area contributed by atoms with Crippen LogP contribution in [-0.4, -0.2) is 132 Å². The standard InChI is InChI=1S/C29H48N6O8/c1-4-40-27(37)20-35(21-28(38)41-5-2)18-23-17-24(7-8-25(23)43-22-29(39)42-6-3)33-26(36)19-34-15-13-31-11-9-30-10-12-32-14-16-34/h7-8,17,30-32H,4-6,9-16,18-22H2,1-3H3,(H,33,36). The van der Waals surface area contributed by atoms with Crippen LogP contribution < -0.4 is 26.0 Å². The van der Waals surface area contributed by atoms with E-state index in [0.717, 1.165) is 52.4 Å². The van der Waals surface area contributed by atoms with Crippen LogP contribution in [0.15, 0.2) is 18.2 Å². The van der Waals surface area contributed by atoms with E-state index in [4.69, 9.17) is 18.9 Å². The maximum Gasteiger partial charge on any atom is 0.344 e. The first kappa shape index (κ1) is 35.9. The van der Waals surface area contributed by atoms with Crippen LogP contribution in [0.1, 0.15) is 26.3 Å². The molecule has 1 amide bonds. The molecule has 2 rings (SSSR count). The summed E-state index contributed by atoms with van der Waals surface area (Å²) in [5, 5.41) is 13.1. The van der Waals surface area contributed by atoms with Crippen molar-refractivity contribution in [2.75, 3.05) is 104 Å². The summed E-state index contributed by atoms with van der Waals surface area (Å²) in [5.41, 5.74) is 1.05. The van der Waals surface area contributed by atoms with Gasteiger partial charge in [0.15, 0.2) is 6.61 Å². The topological polar surface area (TPSA) is 160 Å². The molecule has 1 fully saturated rings. The summed E-state index contributed by atoms with van der Waals surface area (Å²) in [6.45, 7) is 11.8. The van der Waals surface area contributed by atoms with Crippen LogP contribution in [0.3, 0.4) is 0 Å². The number of esters is 3. The molecule has 14 heteroatoms. The molecule has 0 radical (unpaired) electrons. The molecule has 0 unspecified atom stereocenters. The van der Waals surface area contributed by atoms with Gasteiger partial charge in [-0.25, -0.2) is 4.79 Å². The average molecular weight is 609 g/mol. The molecule has 0 saturated carbocycles. The number of hydrogen-bond donors (Lipinski definition) is 4. The van der Waals surface area contributed by atoms with Gasteiger partial charge in [0, 0.05) is 70.2 Å². The predicted molar refractivity (Wildman–Crippen MR) is 161 cm³/mol. The molecule has 1 aromatic rings. The quantitative estimate of drug-likeness (QED) is 0.150. The Morgan fingerprint density at radius 3 is 1.88 bits per heavy atom. The minimum Gasteiger partial charge on any atom is -0.482 e. The zero-order valence-electron chi connectivity index (χ0n) is 25.7. The highest BCUT2D eigenvalue weighted by Gasteiger charge is 2.20. The first-order chi connectivity index (χ1) is 20.8. The molecular formula is C29H48N6O8. The summed E-state index contributed by atoms with van der Waals surface area (Å²) in [5.74, 6) is -1.38. The molecule has 0 aliphatic carbocycles. The van der Waals surface area contributed by atoms with Gasteiger partial charge < -0.3 is 40.2 Å². The number of anilines is 1. The molecule has 0 spiro atoms. The summed E-state index contributed by atoms with van der Waals surface area (Å²) < 4.78 is 20.9. The van der Waals surface area contributed by atoms with Crippen molar-refractivity contribution in [3.8, 4) is 5.75 Å². The van der Waals surface area contributed by atoms with Crippen LogP contribution in [0.2, 0.25) is 0 Å². The van der Waals surface area contributed by atoms with Gasteiger partial charge in [0.2, 0.25) is 5.91 Å². The molecule has 1 aliphatic heterocycles. The van der Waals surface area contributed by atoms with Gasteiger partial charge in [0.1, 0.15) is 5.75 Å². The van der Waals surface area contributed by atoms with Gasteiger partial charge in [-0.15, -0.1) is 0 Å². The van der Waals surface area contributed by atoms with Crippen molar-refractivity contribution in [2.45, 2.75) is 27.3 Å². The molecule has 4 N–H and O–H groups in total. The molecule has 43 heavy (non-hydrogen) atoms. The Morgan fingerprint density at radius 2 is 1.33 bits per heavy atom. The monoisotopic (exact) mass is 608 g/mol. The second kappa shape index (κ2) is 21.4. The average Bonchev–Trinajstić information content (AvgIpc) is 2.94. The fraction of sp³-hybridized carbons (Fsp3) is 0.655. The van der Waals surface area contributed by atoms with Gasteiger partial charge in [0.25, 0.3) is 0 Å². The second-order valence-electron chi connectivity index (χ2n) is 9.75. The molecule has 1 aliphatic rings. The first-order valence-corrected chi connectivity index (χ1v) is 14.9. The second-order valence-corrected chi connectivity index (χ2v) is 9.75. The number of nitrogens with one attached hydrogen (secondary N) is 4. The van der Waals surface area contributed by atoms with Crippen molar-refractivity contribution in [1.82, 2.24) is 25.8 Å². The molecule has 0 atom stereocenters. The van der Waals surface area contributed by atoms with Crippen LogP contribution in [0, 0.1) is 0 Å². The van der Waals surface area contributed by atoms with Gasteiger partial charge in [-0.05, 0) is 39.0 Å². The van der Waals surface area contributed by atoms with E-state index in [9.17, 15) is 19.2 Å². The number of benzene rings is 1. The van der Waals surface area contributed by atoms with Crippen molar-refractivity contribution >= 4 is 29.5 Å². The minimum atomic E-state index is -0.535. The fourth-order valence-corrected chi connectivity index (χ4v) is 4.32. The van der Waals surface area contributed by atoms with Gasteiger partial charge in [0.05, 0.1) is 39.5 Å². The maximum atomic E-state index is 13.1. The Bertz CT molecular complexity index is 979. The highest BCUT2D eigenvalue weighted by molar-refractivity contribution is 5.92. The first-order valence-electron chi connectivity index (χ1n) is 14.9. The number of carbonyl (C=O) groups is 4. The van der Waals surface area contributed by atoms with Crippen molar-refractivity contribution in [3.05, 3.63) is 23.8 Å². The third kappa shape index (κ3) is 15.7. The van der Waals surface area contributed by atoms with Crippen molar-refractivity contribution in [3.63, 3.8) is 0 Å². The third-order valence-corrected chi connectivity index (χ3v) is 6.24.